The molecule has 4 nitrogen and oxygen atoms in total. The van der Waals surface area contributed by atoms with Gasteiger partial charge in [-0.25, -0.2) is 0 Å². The highest BCUT2D eigenvalue weighted by Crippen LogP contribution is 2.38. The van der Waals surface area contributed by atoms with Crippen LogP contribution in [0.2, 0.25) is 0 Å². The maximum Gasteiger partial charge on any atom is 0.253 e. The number of ether oxygens (including phenoxy) is 1. The van der Waals surface area contributed by atoms with Gasteiger partial charge in [0.25, 0.3) is 5.91 Å². The normalized spacial score (nSPS) is 18.5. The summed E-state index contributed by atoms with van der Waals surface area (Å²) in [5.41, 5.74) is 7.54. The van der Waals surface area contributed by atoms with Crippen LogP contribution in [-0.4, -0.2) is 43.7 Å². The topological polar surface area (TPSA) is 41.6 Å². The van der Waals surface area contributed by atoms with E-state index in [0.717, 1.165) is 41.8 Å². The van der Waals surface area contributed by atoms with Crippen molar-refractivity contribution in [2.45, 2.75) is 39.2 Å². The molecule has 1 atom stereocenters. The van der Waals surface area contributed by atoms with Crippen LogP contribution in [-0.2, 0) is 11.2 Å². The Labute approximate surface area is 174 Å². The number of carbonyl (C=O) groups is 1. The van der Waals surface area contributed by atoms with E-state index in [0.29, 0.717) is 12.2 Å². The summed E-state index contributed by atoms with van der Waals surface area (Å²) >= 11 is 0. The second-order valence-corrected chi connectivity index (χ2v) is 8.41. The average Bonchev–Trinajstić information content (AvgIpc) is 3.12. The van der Waals surface area contributed by atoms with Crippen LogP contribution in [0.4, 0.5) is 5.69 Å². The van der Waals surface area contributed by atoms with E-state index in [2.05, 4.69) is 44.8 Å². The van der Waals surface area contributed by atoms with Crippen molar-refractivity contribution < 1.29 is 9.53 Å². The molecule has 1 fully saturated rings. The molecule has 0 saturated carbocycles. The number of hydrogen-bond acceptors (Lipinski definition) is 3. The van der Waals surface area contributed by atoms with Crippen molar-refractivity contribution in [2.75, 3.05) is 32.6 Å². The lowest BCUT2D eigenvalue weighted by molar-refractivity contribution is 0.0827. The van der Waals surface area contributed by atoms with Gasteiger partial charge in [-0.2, -0.15) is 0 Å². The van der Waals surface area contributed by atoms with Crippen LogP contribution in [0.1, 0.15) is 48.7 Å². The van der Waals surface area contributed by atoms with E-state index in [9.17, 15) is 4.79 Å². The Morgan fingerprint density at radius 3 is 2.41 bits per heavy atom. The molecule has 1 aliphatic heterocycles. The summed E-state index contributed by atoms with van der Waals surface area (Å²) in [7, 11) is 3.54. The van der Waals surface area contributed by atoms with Crippen LogP contribution >= 0.6 is 0 Å². The van der Waals surface area contributed by atoms with Crippen LogP contribution in [0, 0.1) is 0 Å². The van der Waals surface area contributed by atoms with Gasteiger partial charge >= 0.3 is 0 Å². The Kier molecular flexibility index (Phi) is 6.13. The predicted molar refractivity (Wildman–Crippen MR) is 121 cm³/mol. The van der Waals surface area contributed by atoms with Gasteiger partial charge in [-0.3, -0.25) is 4.79 Å². The van der Waals surface area contributed by atoms with Crippen molar-refractivity contribution in [3.63, 3.8) is 0 Å². The van der Waals surface area contributed by atoms with Crippen LogP contribution in [0.3, 0.4) is 0 Å². The first-order valence-electron chi connectivity index (χ1n) is 10.3. The van der Waals surface area contributed by atoms with Gasteiger partial charge in [0.2, 0.25) is 0 Å². The van der Waals surface area contributed by atoms with Crippen LogP contribution in [0.5, 0.6) is 0 Å². The Bertz CT molecular complexity index is 907. The fraction of sp³-hybridized carbons (Fsp3) is 0.400. The first-order valence-corrected chi connectivity index (χ1v) is 10.3. The summed E-state index contributed by atoms with van der Waals surface area (Å²) in [5.74, 6) is 0.0152. The summed E-state index contributed by atoms with van der Waals surface area (Å²) < 4.78 is 5.66. The van der Waals surface area contributed by atoms with Gasteiger partial charge in [0, 0.05) is 37.5 Å². The van der Waals surface area contributed by atoms with Crippen LogP contribution in [0.15, 0.2) is 43.0 Å². The van der Waals surface area contributed by atoms with Crippen molar-refractivity contribution in [3.05, 3.63) is 59.7 Å². The zero-order chi connectivity index (χ0) is 21.2. The fourth-order valence-electron chi connectivity index (χ4n) is 3.90. The lowest BCUT2D eigenvalue weighted by atomic mass is 9.89. The summed E-state index contributed by atoms with van der Waals surface area (Å²) in [6.45, 7) is 12.1. The van der Waals surface area contributed by atoms with Crippen molar-refractivity contribution in [3.8, 4) is 11.1 Å². The number of allylic oxidation sites excluding steroid dienone is 1. The second-order valence-electron chi connectivity index (χ2n) is 8.41. The Morgan fingerprint density at radius 1 is 1.21 bits per heavy atom. The standard InChI is InChI=1S/C25H32N2O2/c1-7-20-22(18-8-10-19(11-9-18)24(28)27(5)6)13-12-21(17(2)3)23(20)26-25(4)14-15-29-16-25/h8-13,26H,2,7,14-16H2,1,3-6H3. The van der Waals surface area contributed by atoms with Crippen molar-refractivity contribution in [1.29, 1.82) is 0 Å². The minimum absolute atomic E-state index is 0.0152. The number of benzene rings is 2. The minimum Gasteiger partial charge on any atom is -0.379 e. The highest BCUT2D eigenvalue weighted by molar-refractivity contribution is 5.94. The van der Waals surface area contributed by atoms with E-state index >= 15 is 0 Å². The summed E-state index contributed by atoms with van der Waals surface area (Å²) in [6, 6.07) is 12.2. The number of anilines is 1. The van der Waals surface area contributed by atoms with Gasteiger partial charge in [-0.1, -0.05) is 37.8 Å². The van der Waals surface area contributed by atoms with E-state index < -0.39 is 0 Å². The molecule has 0 spiro atoms. The fourth-order valence-corrected chi connectivity index (χ4v) is 3.90. The van der Waals surface area contributed by atoms with Gasteiger partial charge in [-0.15, -0.1) is 0 Å². The highest BCUT2D eigenvalue weighted by Gasteiger charge is 2.31. The van der Waals surface area contributed by atoms with Gasteiger partial charge in [0.1, 0.15) is 0 Å². The number of hydrogen-bond donors (Lipinski definition) is 1. The first kappa shape index (κ1) is 21.1. The van der Waals surface area contributed by atoms with Gasteiger partial charge < -0.3 is 15.0 Å². The minimum atomic E-state index is -0.0747. The van der Waals surface area contributed by atoms with E-state index in [-0.39, 0.29) is 11.4 Å². The molecule has 29 heavy (non-hydrogen) atoms. The number of rotatable bonds is 6. The molecule has 4 heteroatoms. The molecule has 0 aliphatic carbocycles. The highest BCUT2D eigenvalue weighted by atomic mass is 16.5. The molecular formula is C25H32N2O2. The van der Waals surface area contributed by atoms with E-state index in [1.165, 1.54) is 11.1 Å². The molecule has 0 radical (unpaired) electrons. The molecule has 1 N–H and O–H groups in total. The Morgan fingerprint density at radius 2 is 1.90 bits per heavy atom. The van der Waals surface area contributed by atoms with Crippen molar-refractivity contribution in [1.82, 2.24) is 4.90 Å². The maximum atomic E-state index is 12.2. The quantitative estimate of drug-likeness (QED) is 0.731. The molecule has 3 rings (SSSR count). The maximum absolute atomic E-state index is 12.2. The molecule has 2 aromatic rings. The van der Waals surface area contributed by atoms with Crippen LogP contribution in [0.25, 0.3) is 16.7 Å². The van der Waals surface area contributed by atoms with Gasteiger partial charge in [0.05, 0.1) is 12.1 Å². The largest absolute Gasteiger partial charge is 0.379 e. The van der Waals surface area contributed by atoms with E-state index in [4.69, 9.17) is 4.74 Å². The van der Waals surface area contributed by atoms with Crippen LogP contribution < -0.4 is 5.32 Å². The van der Waals surface area contributed by atoms with E-state index in [1.54, 1.807) is 19.0 Å². The number of nitrogens with zero attached hydrogens (tertiary/aromatic N) is 1. The van der Waals surface area contributed by atoms with Crippen molar-refractivity contribution >= 4 is 17.2 Å². The molecular weight excluding hydrogens is 360 g/mol. The summed E-state index contributed by atoms with van der Waals surface area (Å²) in [6.07, 6.45) is 1.88. The number of nitrogens with one attached hydrogen (secondary N) is 1. The molecule has 0 bridgehead atoms. The molecule has 1 unspecified atom stereocenters. The number of amides is 1. The third-order valence-corrected chi connectivity index (χ3v) is 5.62. The Balaban J connectivity index is 2.06. The average molecular weight is 393 g/mol. The molecule has 1 aliphatic rings. The lowest BCUT2D eigenvalue weighted by Crippen LogP contribution is -2.35. The zero-order valence-electron chi connectivity index (χ0n) is 18.3. The molecule has 2 aromatic carbocycles. The predicted octanol–water partition coefficient (Wildman–Crippen LogP) is 5.24. The van der Waals surface area contributed by atoms with Gasteiger partial charge in [-0.05, 0) is 61.1 Å². The zero-order valence-corrected chi connectivity index (χ0v) is 18.3. The van der Waals surface area contributed by atoms with Crippen molar-refractivity contribution in [2.24, 2.45) is 0 Å². The molecule has 154 valence electrons. The third-order valence-electron chi connectivity index (χ3n) is 5.62. The summed E-state index contributed by atoms with van der Waals surface area (Å²) in [4.78, 5) is 13.8. The number of carbonyl (C=O) groups excluding carboxylic acids is 1. The third kappa shape index (κ3) is 4.38. The molecule has 1 saturated heterocycles. The molecule has 1 amide bonds. The lowest BCUT2D eigenvalue weighted by Gasteiger charge is -2.29. The SMILES string of the molecule is C=C(C)c1ccc(-c2ccc(C(=O)N(C)C)cc2)c(CC)c1NC1(C)CCOC1. The molecule has 0 aromatic heterocycles. The van der Waals surface area contributed by atoms with Gasteiger partial charge in [0.15, 0.2) is 0 Å². The second kappa shape index (κ2) is 8.42. The molecule has 1 heterocycles. The first-order chi connectivity index (χ1) is 13.8. The monoisotopic (exact) mass is 392 g/mol. The Hall–Kier alpha value is -2.59. The summed E-state index contributed by atoms with van der Waals surface area (Å²) in [5, 5.41) is 3.79. The van der Waals surface area contributed by atoms with E-state index in [1.807, 2.05) is 24.3 Å². The smallest absolute Gasteiger partial charge is 0.253 e.